The molecule has 3 rings (SSSR count). The maximum absolute atomic E-state index is 12.6. The van der Waals surface area contributed by atoms with Crippen molar-refractivity contribution in [3.63, 3.8) is 0 Å². The minimum atomic E-state index is -4.80. The van der Waals surface area contributed by atoms with Gasteiger partial charge in [-0.05, 0) is 36.8 Å². The molecular formula is C20H15F3O4. The van der Waals surface area contributed by atoms with Crippen molar-refractivity contribution in [3.8, 4) is 17.1 Å². The van der Waals surface area contributed by atoms with E-state index in [0.717, 1.165) is 0 Å². The molecule has 2 aromatic carbocycles. The number of benzene rings is 2. The Bertz CT molecular complexity index is 1000. The summed E-state index contributed by atoms with van der Waals surface area (Å²) in [5.41, 5.74) is 1.60. The second kappa shape index (κ2) is 7.19. The Labute approximate surface area is 152 Å². The van der Waals surface area contributed by atoms with Crippen LogP contribution in [0.4, 0.5) is 13.2 Å². The Balaban J connectivity index is 1.89. The molecule has 0 aliphatic carbocycles. The number of esters is 1. The van der Waals surface area contributed by atoms with Gasteiger partial charge in [0, 0.05) is 11.0 Å². The summed E-state index contributed by atoms with van der Waals surface area (Å²) < 4.78 is 52.6. The minimum absolute atomic E-state index is 0.0332. The van der Waals surface area contributed by atoms with Crippen molar-refractivity contribution in [1.29, 1.82) is 0 Å². The summed E-state index contributed by atoms with van der Waals surface area (Å²) in [7, 11) is 0. The highest BCUT2D eigenvalue weighted by molar-refractivity contribution is 5.87. The van der Waals surface area contributed by atoms with Gasteiger partial charge in [0.05, 0.1) is 5.56 Å². The molecule has 7 heteroatoms. The fourth-order valence-electron chi connectivity index (χ4n) is 2.45. The molecule has 27 heavy (non-hydrogen) atoms. The van der Waals surface area contributed by atoms with Crippen LogP contribution in [-0.4, -0.2) is 12.3 Å². The van der Waals surface area contributed by atoms with Gasteiger partial charge in [-0.25, -0.2) is 4.79 Å². The van der Waals surface area contributed by atoms with Crippen LogP contribution >= 0.6 is 0 Å². The van der Waals surface area contributed by atoms with E-state index in [2.05, 4.69) is 11.3 Å². The number of carbonyl (C=O) groups is 1. The molecule has 140 valence electrons. The number of fused-ring (bicyclic) bond motifs is 1. The van der Waals surface area contributed by atoms with E-state index in [1.54, 1.807) is 37.3 Å². The predicted molar refractivity (Wildman–Crippen MR) is 92.9 cm³/mol. The van der Waals surface area contributed by atoms with Crippen LogP contribution < -0.4 is 4.74 Å². The van der Waals surface area contributed by atoms with Gasteiger partial charge in [0.25, 0.3) is 0 Å². The van der Waals surface area contributed by atoms with Crippen LogP contribution in [0.15, 0.2) is 65.1 Å². The first-order chi connectivity index (χ1) is 12.7. The molecule has 0 amide bonds. The lowest BCUT2D eigenvalue weighted by Gasteiger charge is -2.11. The van der Waals surface area contributed by atoms with Crippen molar-refractivity contribution in [2.24, 2.45) is 0 Å². The van der Waals surface area contributed by atoms with Gasteiger partial charge in [-0.1, -0.05) is 30.8 Å². The third-order valence-electron chi connectivity index (χ3n) is 3.68. The molecule has 0 spiro atoms. The van der Waals surface area contributed by atoms with E-state index >= 15 is 0 Å². The van der Waals surface area contributed by atoms with E-state index < -0.39 is 12.3 Å². The van der Waals surface area contributed by atoms with Gasteiger partial charge in [0.2, 0.25) is 0 Å². The Morgan fingerprint density at radius 1 is 1.15 bits per heavy atom. The van der Waals surface area contributed by atoms with Crippen LogP contribution in [-0.2, 0) is 16.1 Å². The molecule has 0 unspecified atom stereocenters. The van der Waals surface area contributed by atoms with Crippen molar-refractivity contribution < 1.29 is 31.9 Å². The van der Waals surface area contributed by atoms with Crippen molar-refractivity contribution in [2.45, 2.75) is 19.9 Å². The maximum Gasteiger partial charge on any atom is 0.573 e. The van der Waals surface area contributed by atoms with Gasteiger partial charge in [-0.15, -0.1) is 13.2 Å². The fourth-order valence-corrected chi connectivity index (χ4v) is 2.45. The van der Waals surface area contributed by atoms with Crippen molar-refractivity contribution in [1.82, 2.24) is 0 Å². The van der Waals surface area contributed by atoms with Gasteiger partial charge in [0.15, 0.2) is 0 Å². The Morgan fingerprint density at radius 2 is 1.89 bits per heavy atom. The van der Waals surface area contributed by atoms with Crippen LogP contribution in [0, 0.1) is 0 Å². The normalized spacial score (nSPS) is 11.4. The Morgan fingerprint density at radius 3 is 2.59 bits per heavy atom. The van der Waals surface area contributed by atoms with E-state index in [4.69, 9.17) is 9.15 Å². The summed E-state index contributed by atoms with van der Waals surface area (Å²) in [6, 6.07) is 12.5. The van der Waals surface area contributed by atoms with Crippen molar-refractivity contribution >= 4 is 16.9 Å². The third kappa shape index (κ3) is 4.49. The van der Waals surface area contributed by atoms with Gasteiger partial charge >= 0.3 is 12.3 Å². The summed E-state index contributed by atoms with van der Waals surface area (Å²) in [6.07, 6.45) is -4.80. The molecule has 0 N–H and O–H groups in total. The molecule has 0 atom stereocenters. The second-order valence-corrected chi connectivity index (χ2v) is 5.88. The zero-order chi connectivity index (χ0) is 19.6. The third-order valence-corrected chi connectivity index (χ3v) is 3.68. The summed E-state index contributed by atoms with van der Waals surface area (Å²) in [6.45, 7) is 5.08. The molecule has 0 bridgehead atoms. The van der Waals surface area contributed by atoms with E-state index in [0.29, 0.717) is 16.5 Å². The highest BCUT2D eigenvalue weighted by Crippen LogP contribution is 2.36. The Hall–Kier alpha value is -3.22. The first-order valence-corrected chi connectivity index (χ1v) is 7.93. The maximum atomic E-state index is 12.6. The zero-order valence-corrected chi connectivity index (χ0v) is 14.3. The second-order valence-electron chi connectivity index (χ2n) is 5.88. The molecular weight excluding hydrogens is 361 g/mol. The minimum Gasteiger partial charge on any atom is -0.457 e. The van der Waals surface area contributed by atoms with Crippen LogP contribution in [0.5, 0.6) is 5.75 Å². The number of para-hydroxylation sites is 1. The van der Waals surface area contributed by atoms with Crippen LogP contribution in [0.1, 0.15) is 12.5 Å². The first kappa shape index (κ1) is 18.6. The molecule has 0 radical (unpaired) electrons. The number of rotatable bonds is 5. The number of ether oxygens (including phenoxy) is 2. The summed E-state index contributed by atoms with van der Waals surface area (Å²) in [5, 5.41) is 0.696. The molecule has 4 nitrogen and oxygen atoms in total. The largest absolute Gasteiger partial charge is 0.573 e. The molecule has 1 aromatic heterocycles. The van der Waals surface area contributed by atoms with Crippen LogP contribution in [0.2, 0.25) is 0 Å². The lowest BCUT2D eigenvalue weighted by Crippen LogP contribution is -2.17. The number of hydrogen-bond acceptors (Lipinski definition) is 4. The van der Waals surface area contributed by atoms with Gasteiger partial charge in [-0.2, -0.15) is 0 Å². The molecule has 0 fully saturated rings. The lowest BCUT2D eigenvalue weighted by molar-refractivity contribution is -0.274. The summed E-state index contributed by atoms with van der Waals surface area (Å²) >= 11 is 0. The molecule has 0 saturated heterocycles. The van der Waals surface area contributed by atoms with Crippen molar-refractivity contribution in [2.75, 3.05) is 0 Å². The molecule has 0 aliphatic heterocycles. The van der Waals surface area contributed by atoms with E-state index in [9.17, 15) is 18.0 Å². The number of alkyl halides is 3. The topological polar surface area (TPSA) is 48.7 Å². The molecule has 0 aliphatic rings. The number of carbonyl (C=O) groups excluding carboxylic acids is 1. The smallest absolute Gasteiger partial charge is 0.457 e. The number of hydrogen-bond donors (Lipinski definition) is 0. The van der Waals surface area contributed by atoms with Crippen molar-refractivity contribution in [3.05, 3.63) is 66.2 Å². The van der Waals surface area contributed by atoms with Gasteiger partial charge < -0.3 is 13.9 Å². The zero-order valence-electron chi connectivity index (χ0n) is 14.3. The summed E-state index contributed by atoms with van der Waals surface area (Å²) in [5.74, 6) is -0.617. The quantitative estimate of drug-likeness (QED) is 0.428. The average molecular weight is 376 g/mol. The van der Waals surface area contributed by atoms with Crippen LogP contribution in [0.3, 0.4) is 0 Å². The standard InChI is InChI=1S/C20H15F3O4/c1-12(2)19(24)25-11-13-7-8-14-10-18(26-17(14)9-13)15-5-3-4-6-16(15)27-20(21,22)23/h3-10H,1,11H2,2H3. The average Bonchev–Trinajstić information content (AvgIpc) is 3.01. The van der Waals surface area contributed by atoms with Gasteiger partial charge in [0.1, 0.15) is 23.7 Å². The number of halogens is 3. The highest BCUT2D eigenvalue weighted by Gasteiger charge is 2.32. The monoisotopic (exact) mass is 376 g/mol. The number of furan rings is 1. The highest BCUT2D eigenvalue weighted by atomic mass is 19.4. The fraction of sp³-hybridized carbons (Fsp3) is 0.150. The summed E-state index contributed by atoms with van der Waals surface area (Å²) in [4.78, 5) is 11.5. The predicted octanol–water partition coefficient (Wildman–Crippen LogP) is 5.62. The molecule has 0 saturated carbocycles. The SMILES string of the molecule is C=C(C)C(=O)OCc1ccc2cc(-c3ccccc3OC(F)(F)F)oc2c1. The van der Waals surface area contributed by atoms with E-state index in [-0.39, 0.29) is 29.3 Å². The molecule has 3 aromatic rings. The lowest BCUT2D eigenvalue weighted by atomic mass is 10.1. The molecule has 1 heterocycles. The first-order valence-electron chi connectivity index (χ1n) is 7.93. The van der Waals surface area contributed by atoms with Gasteiger partial charge in [-0.3, -0.25) is 0 Å². The Kier molecular flexibility index (Phi) is 4.94. The van der Waals surface area contributed by atoms with E-state index in [1.807, 2.05) is 0 Å². The van der Waals surface area contributed by atoms with Crippen LogP contribution in [0.25, 0.3) is 22.3 Å². The van der Waals surface area contributed by atoms with E-state index in [1.165, 1.54) is 18.2 Å².